The number of rotatable bonds is 5. The van der Waals surface area contributed by atoms with Gasteiger partial charge in [-0.3, -0.25) is 0 Å². The predicted octanol–water partition coefficient (Wildman–Crippen LogP) is 3.96. The van der Waals surface area contributed by atoms with Gasteiger partial charge in [0, 0.05) is 22.5 Å². The standard InChI is InChI=1S/C13H17N3S2/c1-9(2)14-13-15-12(16-18-13)8-17-11-6-4-10(3)5-7-11/h4-7,9H,8H2,1-3H3,(H,14,15,16). The lowest BCUT2D eigenvalue weighted by Gasteiger charge is -2.03. The zero-order valence-corrected chi connectivity index (χ0v) is 12.4. The first kappa shape index (κ1) is 13.4. The Bertz CT molecular complexity index is 491. The summed E-state index contributed by atoms with van der Waals surface area (Å²) in [5.41, 5.74) is 1.29. The molecule has 0 fully saturated rings. The summed E-state index contributed by atoms with van der Waals surface area (Å²) in [7, 11) is 0. The van der Waals surface area contributed by atoms with Gasteiger partial charge in [-0.05, 0) is 32.9 Å². The SMILES string of the molecule is Cc1ccc(SCc2nsc(NC(C)C)n2)cc1. The molecule has 0 amide bonds. The van der Waals surface area contributed by atoms with Gasteiger partial charge < -0.3 is 5.32 Å². The number of hydrogen-bond acceptors (Lipinski definition) is 5. The smallest absolute Gasteiger partial charge is 0.202 e. The Morgan fingerprint density at radius 2 is 2.00 bits per heavy atom. The average Bonchev–Trinajstić information content (AvgIpc) is 2.75. The van der Waals surface area contributed by atoms with Crippen LogP contribution in [0.5, 0.6) is 0 Å². The fraction of sp³-hybridized carbons (Fsp3) is 0.385. The summed E-state index contributed by atoms with van der Waals surface area (Å²) in [5, 5.41) is 4.17. The summed E-state index contributed by atoms with van der Waals surface area (Å²) in [6, 6.07) is 8.93. The summed E-state index contributed by atoms with van der Waals surface area (Å²) < 4.78 is 4.35. The van der Waals surface area contributed by atoms with Gasteiger partial charge in [-0.2, -0.15) is 4.37 Å². The molecule has 0 saturated carbocycles. The minimum atomic E-state index is 0.399. The minimum absolute atomic E-state index is 0.399. The summed E-state index contributed by atoms with van der Waals surface area (Å²) >= 11 is 3.20. The van der Waals surface area contributed by atoms with E-state index >= 15 is 0 Å². The molecule has 3 nitrogen and oxygen atoms in total. The Morgan fingerprint density at radius 1 is 1.28 bits per heavy atom. The second kappa shape index (κ2) is 6.20. The van der Waals surface area contributed by atoms with Crippen molar-refractivity contribution in [1.82, 2.24) is 9.36 Å². The van der Waals surface area contributed by atoms with Gasteiger partial charge in [0.25, 0.3) is 0 Å². The molecule has 2 rings (SSSR count). The van der Waals surface area contributed by atoms with E-state index in [2.05, 4.69) is 59.7 Å². The first-order chi connectivity index (χ1) is 8.63. The van der Waals surface area contributed by atoms with Gasteiger partial charge >= 0.3 is 0 Å². The van der Waals surface area contributed by atoms with E-state index in [1.165, 1.54) is 22.0 Å². The van der Waals surface area contributed by atoms with Crippen LogP contribution < -0.4 is 5.32 Å². The van der Waals surface area contributed by atoms with Crippen molar-refractivity contribution < 1.29 is 0 Å². The molecule has 0 spiro atoms. The molecular weight excluding hydrogens is 262 g/mol. The number of thioether (sulfide) groups is 1. The van der Waals surface area contributed by atoms with Crippen molar-refractivity contribution in [2.24, 2.45) is 0 Å². The molecule has 5 heteroatoms. The molecule has 18 heavy (non-hydrogen) atoms. The molecule has 1 aromatic carbocycles. The fourth-order valence-corrected chi connectivity index (χ4v) is 2.97. The lowest BCUT2D eigenvalue weighted by Crippen LogP contribution is -2.09. The number of anilines is 1. The molecule has 96 valence electrons. The van der Waals surface area contributed by atoms with E-state index in [9.17, 15) is 0 Å². The monoisotopic (exact) mass is 279 g/mol. The first-order valence-electron chi connectivity index (χ1n) is 5.92. The first-order valence-corrected chi connectivity index (χ1v) is 7.68. The molecule has 2 aromatic rings. The van der Waals surface area contributed by atoms with Gasteiger partial charge in [0.05, 0.1) is 5.75 Å². The Balaban J connectivity index is 1.90. The third-order valence-corrected chi connectivity index (χ3v) is 3.96. The van der Waals surface area contributed by atoms with Gasteiger partial charge in [-0.25, -0.2) is 4.98 Å². The average molecular weight is 279 g/mol. The molecule has 0 aliphatic carbocycles. The molecule has 1 heterocycles. The fourth-order valence-electron chi connectivity index (χ4n) is 1.40. The quantitative estimate of drug-likeness (QED) is 0.841. The second-order valence-electron chi connectivity index (χ2n) is 4.42. The van der Waals surface area contributed by atoms with Crippen molar-refractivity contribution in [1.29, 1.82) is 0 Å². The third-order valence-electron chi connectivity index (χ3n) is 2.27. The van der Waals surface area contributed by atoms with Crippen LogP contribution in [-0.4, -0.2) is 15.4 Å². The van der Waals surface area contributed by atoms with Gasteiger partial charge in [0.2, 0.25) is 5.13 Å². The summed E-state index contributed by atoms with van der Waals surface area (Å²) in [4.78, 5) is 5.72. The van der Waals surface area contributed by atoms with E-state index in [1.807, 2.05) is 0 Å². The van der Waals surface area contributed by atoms with Gasteiger partial charge in [0.1, 0.15) is 0 Å². The molecular formula is C13H17N3S2. The maximum absolute atomic E-state index is 4.46. The number of benzene rings is 1. The maximum Gasteiger partial charge on any atom is 0.202 e. The van der Waals surface area contributed by atoms with Crippen LogP contribution in [0, 0.1) is 6.92 Å². The Kier molecular flexibility index (Phi) is 4.60. The highest BCUT2D eigenvalue weighted by atomic mass is 32.2. The second-order valence-corrected chi connectivity index (χ2v) is 6.22. The van der Waals surface area contributed by atoms with Crippen LogP contribution in [0.1, 0.15) is 25.2 Å². The molecule has 1 aromatic heterocycles. The van der Waals surface area contributed by atoms with Crippen LogP contribution in [0.15, 0.2) is 29.2 Å². The lowest BCUT2D eigenvalue weighted by atomic mass is 10.2. The van der Waals surface area contributed by atoms with E-state index in [0.717, 1.165) is 16.7 Å². The topological polar surface area (TPSA) is 37.8 Å². The summed E-state index contributed by atoms with van der Waals surface area (Å²) in [6.07, 6.45) is 0. The van der Waals surface area contributed by atoms with Crippen molar-refractivity contribution in [3.8, 4) is 0 Å². The van der Waals surface area contributed by atoms with E-state index < -0.39 is 0 Å². The number of nitrogens with one attached hydrogen (secondary N) is 1. The largest absolute Gasteiger partial charge is 0.358 e. The van der Waals surface area contributed by atoms with E-state index in [1.54, 1.807) is 11.8 Å². The molecule has 0 aliphatic rings. The number of aryl methyl sites for hydroxylation is 1. The minimum Gasteiger partial charge on any atom is -0.358 e. The van der Waals surface area contributed by atoms with Crippen molar-refractivity contribution >= 4 is 28.4 Å². The lowest BCUT2D eigenvalue weighted by molar-refractivity contribution is 0.894. The highest BCUT2D eigenvalue weighted by molar-refractivity contribution is 7.98. The number of hydrogen-bond donors (Lipinski definition) is 1. The van der Waals surface area contributed by atoms with Crippen LogP contribution in [0.3, 0.4) is 0 Å². The van der Waals surface area contributed by atoms with Crippen LogP contribution in [0.2, 0.25) is 0 Å². The molecule has 0 bridgehead atoms. The Labute approximate surface area is 116 Å². The van der Waals surface area contributed by atoms with Crippen LogP contribution in [-0.2, 0) is 5.75 Å². The van der Waals surface area contributed by atoms with Crippen LogP contribution in [0.25, 0.3) is 0 Å². The molecule has 0 unspecified atom stereocenters. The predicted molar refractivity (Wildman–Crippen MR) is 79.4 cm³/mol. The highest BCUT2D eigenvalue weighted by Gasteiger charge is 2.05. The number of aromatic nitrogens is 2. The Hall–Kier alpha value is -1.07. The molecule has 0 saturated heterocycles. The van der Waals surface area contributed by atoms with E-state index in [0.29, 0.717) is 6.04 Å². The van der Waals surface area contributed by atoms with Crippen LogP contribution in [0.4, 0.5) is 5.13 Å². The number of nitrogens with zero attached hydrogens (tertiary/aromatic N) is 2. The van der Waals surface area contributed by atoms with Crippen LogP contribution >= 0.6 is 23.3 Å². The van der Waals surface area contributed by atoms with Crippen molar-refractivity contribution in [3.63, 3.8) is 0 Å². The van der Waals surface area contributed by atoms with Crippen molar-refractivity contribution in [2.75, 3.05) is 5.32 Å². The van der Waals surface area contributed by atoms with Gasteiger partial charge in [-0.15, -0.1) is 11.8 Å². The zero-order valence-electron chi connectivity index (χ0n) is 10.8. The molecule has 0 atom stereocenters. The normalized spacial score (nSPS) is 10.9. The summed E-state index contributed by atoms with van der Waals surface area (Å²) in [6.45, 7) is 6.30. The summed E-state index contributed by atoms with van der Waals surface area (Å²) in [5.74, 6) is 1.72. The zero-order chi connectivity index (χ0) is 13.0. The molecule has 0 aliphatic heterocycles. The van der Waals surface area contributed by atoms with Gasteiger partial charge in [0.15, 0.2) is 5.82 Å². The van der Waals surface area contributed by atoms with Crippen molar-refractivity contribution in [2.45, 2.75) is 37.5 Å². The van der Waals surface area contributed by atoms with E-state index in [4.69, 9.17) is 0 Å². The Morgan fingerprint density at radius 3 is 2.67 bits per heavy atom. The van der Waals surface area contributed by atoms with Gasteiger partial charge in [-0.1, -0.05) is 17.7 Å². The maximum atomic E-state index is 4.46. The molecule has 0 radical (unpaired) electrons. The molecule has 1 N–H and O–H groups in total. The highest BCUT2D eigenvalue weighted by Crippen LogP contribution is 2.23. The van der Waals surface area contributed by atoms with E-state index in [-0.39, 0.29) is 0 Å². The third kappa shape index (κ3) is 3.99. The van der Waals surface area contributed by atoms with Crippen molar-refractivity contribution in [3.05, 3.63) is 35.7 Å².